The third-order valence-electron chi connectivity index (χ3n) is 4.14. The predicted octanol–water partition coefficient (Wildman–Crippen LogP) is 4.78. The van der Waals surface area contributed by atoms with E-state index in [2.05, 4.69) is 20.6 Å². The second-order valence-corrected chi connectivity index (χ2v) is 6.53. The van der Waals surface area contributed by atoms with Crippen molar-refractivity contribution in [2.75, 3.05) is 5.32 Å². The van der Waals surface area contributed by atoms with Crippen molar-refractivity contribution in [1.82, 2.24) is 19.8 Å². The number of nitrogens with one attached hydrogen (secondary N) is 1. The number of aromatic nitrogens is 4. The molecule has 8 heteroatoms. The fourth-order valence-electron chi connectivity index (χ4n) is 2.98. The van der Waals surface area contributed by atoms with Crippen molar-refractivity contribution in [2.45, 2.75) is 26.1 Å². The Morgan fingerprint density at radius 1 is 1.04 bits per heavy atom. The SMILES string of the molecule is CC(C)Nc1nc2c(-c3cccc(C(F)(F)F)c3)nnn2c2ccccc12. The Balaban J connectivity index is 1.97. The zero-order valence-corrected chi connectivity index (χ0v) is 14.6. The topological polar surface area (TPSA) is 55.1 Å². The molecule has 5 nitrogen and oxygen atoms in total. The molecular formula is C19H16F3N5. The van der Waals surface area contributed by atoms with Crippen molar-refractivity contribution < 1.29 is 13.2 Å². The first kappa shape index (κ1) is 17.3. The molecule has 0 saturated carbocycles. The molecule has 0 spiro atoms. The number of benzene rings is 2. The van der Waals surface area contributed by atoms with Crippen LogP contribution in [0.5, 0.6) is 0 Å². The molecule has 0 radical (unpaired) electrons. The second kappa shape index (κ2) is 6.22. The number of rotatable bonds is 3. The van der Waals surface area contributed by atoms with Crippen LogP contribution in [0.25, 0.3) is 27.8 Å². The summed E-state index contributed by atoms with van der Waals surface area (Å²) in [5, 5.41) is 12.4. The number of nitrogens with zero attached hydrogens (tertiary/aromatic N) is 4. The Labute approximate surface area is 152 Å². The quantitative estimate of drug-likeness (QED) is 0.563. The number of alkyl halides is 3. The van der Waals surface area contributed by atoms with E-state index < -0.39 is 11.7 Å². The zero-order valence-electron chi connectivity index (χ0n) is 14.6. The maximum absolute atomic E-state index is 13.1. The average molecular weight is 371 g/mol. The van der Waals surface area contributed by atoms with E-state index in [4.69, 9.17) is 0 Å². The summed E-state index contributed by atoms with van der Waals surface area (Å²) >= 11 is 0. The fourth-order valence-corrected chi connectivity index (χ4v) is 2.98. The Bertz CT molecular complexity index is 1130. The van der Waals surface area contributed by atoms with Crippen LogP contribution in [0.15, 0.2) is 48.5 Å². The highest BCUT2D eigenvalue weighted by Crippen LogP contribution is 2.33. The summed E-state index contributed by atoms with van der Waals surface area (Å²) in [6.45, 7) is 3.98. The first-order valence-corrected chi connectivity index (χ1v) is 8.43. The Morgan fingerprint density at radius 2 is 1.81 bits per heavy atom. The van der Waals surface area contributed by atoms with Gasteiger partial charge in [0.2, 0.25) is 0 Å². The number of hydrogen-bond donors (Lipinski definition) is 1. The number of anilines is 1. The van der Waals surface area contributed by atoms with E-state index in [0.717, 1.165) is 23.0 Å². The van der Waals surface area contributed by atoms with Gasteiger partial charge in [-0.15, -0.1) is 5.10 Å². The van der Waals surface area contributed by atoms with Crippen LogP contribution in [0.3, 0.4) is 0 Å². The van der Waals surface area contributed by atoms with E-state index in [1.165, 1.54) is 6.07 Å². The smallest absolute Gasteiger partial charge is 0.367 e. The Hall–Kier alpha value is -3.16. The van der Waals surface area contributed by atoms with Crippen molar-refractivity contribution >= 4 is 22.4 Å². The molecule has 27 heavy (non-hydrogen) atoms. The van der Waals surface area contributed by atoms with Crippen LogP contribution in [-0.4, -0.2) is 25.9 Å². The van der Waals surface area contributed by atoms with Crippen molar-refractivity contribution in [2.24, 2.45) is 0 Å². The van der Waals surface area contributed by atoms with Crippen LogP contribution < -0.4 is 5.32 Å². The maximum Gasteiger partial charge on any atom is 0.416 e. The van der Waals surface area contributed by atoms with Gasteiger partial charge in [0.15, 0.2) is 5.65 Å². The Kier molecular flexibility index (Phi) is 3.98. The largest absolute Gasteiger partial charge is 0.416 e. The second-order valence-electron chi connectivity index (χ2n) is 6.53. The van der Waals surface area contributed by atoms with Gasteiger partial charge in [0.25, 0.3) is 0 Å². The molecule has 4 aromatic rings. The molecule has 0 amide bonds. The van der Waals surface area contributed by atoms with Gasteiger partial charge in [-0.2, -0.15) is 17.7 Å². The van der Waals surface area contributed by atoms with Crippen LogP contribution in [0, 0.1) is 0 Å². The van der Waals surface area contributed by atoms with Crippen LogP contribution >= 0.6 is 0 Å². The van der Waals surface area contributed by atoms with Crippen molar-refractivity contribution in [3.8, 4) is 11.3 Å². The summed E-state index contributed by atoms with van der Waals surface area (Å²) in [7, 11) is 0. The van der Waals surface area contributed by atoms with Gasteiger partial charge in [-0.25, -0.2) is 4.98 Å². The van der Waals surface area contributed by atoms with E-state index in [0.29, 0.717) is 22.7 Å². The summed E-state index contributed by atoms with van der Waals surface area (Å²) < 4.78 is 40.8. The normalized spacial score (nSPS) is 12.2. The van der Waals surface area contributed by atoms with Gasteiger partial charge in [0, 0.05) is 17.0 Å². The van der Waals surface area contributed by atoms with Crippen molar-refractivity contribution in [3.05, 3.63) is 54.1 Å². The molecule has 0 aliphatic heterocycles. The Morgan fingerprint density at radius 3 is 2.56 bits per heavy atom. The predicted molar refractivity (Wildman–Crippen MR) is 97.5 cm³/mol. The molecule has 0 fully saturated rings. The standard InChI is InChI=1S/C19H16F3N5/c1-11(2)23-17-14-8-3-4-9-15(14)27-18(24-17)16(25-26-27)12-6-5-7-13(10-12)19(20,21)22/h3-11H,1-2H3,(H,23,24). The minimum absolute atomic E-state index is 0.135. The lowest BCUT2D eigenvalue weighted by molar-refractivity contribution is -0.137. The zero-order chi connectivity index (χ0) is 19.2. The van der Waals surface area contributed by atoms with Gasteiger partial charge in [-0.1, -0.05) is 29.5 Å². The lowest BCUT2D eigenvalue weighted by Crippen LogP contribution is -2.12. The maximum atomic E-state index is 13.1. The van der Waals surface area contributed by atoms with Crippen molar-refractivity contribution in [3.63, 3.8) is 0 Å². The molecule has 138 valence electrons. The number of para-hydroxylation sites is 1. The highest BCUT2D eigenvalue weighted by molar-refractivity contribution is 5.93. The van der Waals surface area contributed by atoms with Gasteiger partial charge in [-0.05, 0) is 38.1 Å². The first-order chi connectivity index (χ1) is 12.8. The summed E-state index contributed by atoms with van der Waals surface area (Å²) in [5.41, 5.74) is 1.06. The molecule has 0 unspecified atom stereocenters. The average Bonchev–Trinajstić information content (AvgIpc) is 3.05. The summed E-state index contributed by atoms with van der Waals surface area (Å²) in [4.78, 5) is 4.62. The van der Waals surface area contributed by atoms with Crippen LogP contribution in [0.2, 0.25) is 0 Å². The lowest BCUT2D eigenvalue weighted by Gasteiger charge is -2.13. The molecule has 0 bridgehead atoms. The monoisotopic (exact) mass is 371 g/mol. The van der Waals surface area contributed by atoms with Gasteiger partial charge in [-0.3, -0.25) is 0 Å². The summed E-state index contributed by atoms with van der Waals surface area (Å²) in [5.74, 6) is 0.642. The number of hydrogen-bond acceptors (Lipinski definition) is 4. The molecule has 0 aliphatic carbocycles. The molecule has 2 heterocycles. The van der Waals surface area contributed by atoms with Gasteiger partial charge in [0.1, 0.15) is 11.5 Å². The highest BCUT2D eigenvalue weighted by Gasteiger charge is 2.31. The number of halogens is 3. The molecule has 2 aromatic heterocycles. The first-order valence-electron chi connectivity index (χ1n) is 8.43. The molecule has 4 rings (SSSR count). The van der Waals surface area contributed by atoms with E-state index in [-0.39, 0.29) is 6.04 Å². The van der Waals surface area contributed by atoms with E-state index >= 15 is 0 Å². The molecule has 0 aliphatic rings. The van der Waals surface area contributed by atoms with Crippen LogP contribution in [-0.2, 0) is 6.18 Å². The molecular weight excluding hydrogens is 355 g/mol. The molecule has 0 saturated heterocycles. The van der Waals surface area contributed by atoms with E-state index in [1.54, 1.807) is 10.6 Å². The number of fused-ring (bicyclic) bond motifs is 3. The minimum atomic E-state index is -4.43. The molecule has 1 N–H and O–H groups in total. The minimum Gasteiger partial charge on any atom is -0.367 e. The van der Waals surface area contributed by atoms with Crippen LogP contribution in [0.4, 0.5) is 19.0 Å². The third kappa shape index (κ3) is 3.07. The summed E-state index contributed by atoms with van der Waals surface area (Å²) in [6.07, 6.45) is -4.43. The fraction of sp³-hybridized carbons (Fsp3) is 0.211. The molecule has 2 aromatic carbocycles. The summed E-state index contributed by atoms with van der Waals surface area (Å²) in [6, 6.07) is 12.7. The van der Waals surface area contributed by atoms with Gasteiger partial charge >= 0.3 is 6.18 Å². The lowest BCUT2D eigenvalue weighted by atomic mass is 10.1. The molecule has 0 atom stereocenters. The third-order valence-corrected chi connectivity index (χ3v) is 4.14. The van der Waals surface area contributed by atoms with Crippen LogP contribution in [0.1, 0.15) is 19.4 Å². The van der Waals surface area contributed by atoms with Gasteiger partial charge in [0.05, 0.1) is 11.1 Å². The highest BCUT2D eigenvalue weighted by atomic mass is 19.4. The van der Waals surface area contributed by atoms with E-state index in [9.17, 15) is 13.2 Å². The van der Waals surface area contributed by atoms with Gasteiger partial charge < -0.3 is 5.32 Å². The van der Waals surface area contributed by atoms with E-state index in [1.807, 2.05) is 38.1 Å². The van der Waals surface area contributed by atoms with Crippen molar-refractivity contribution in [1.29, 1.82) is 0 Å².